The van der Waals surface area contributed by atoms with Crippen molar-refractivity contribution in [2.24, 2.45) is 0 Å². The Morgan fingerprint density at radius 3 is 2.39 bits per heavy atom. The highest BCUT2D eigenvalue weighted by Gasteiger charge is 2.24. The van der Waals surface area contributed by atoms with Crippen molar-refractivity contribution in [2.45, 2.75) is 64.3 Å². The largest absolute Gasteiger partial charge is 0.481 e. The van der Waals surface area contributed by atoms with Gasteiger partial charge in [-0.3, -0.25) is 9.59 Å². The molecule has 2 rings (SSSR count). The third-order valence-electron chi connectivity index (χ3n) is 5.02. The van der Waals surface area contributed by atoms with Crippen LogP contribution in [0.5, 0.6) is 0 Å². The number of furan rings is 1. The summed E-state index contributed by atoms with van der Waals surface area (Å²) in [6.07, 6.45) is 7.77. The summed E-state index contributed by atoms with van der Waals surface area (Å²) in [6, 6.07) is 7.46. The molecule has 31 heavy (non-hydrogen) atoms. The smallest absolute Gasteiger partial charge is 0.305 e. The summed E-state index contributed by atoms with van der Waals surface area (Å²) in [4.78, 5) is 26.5. The predicted octanol–water partition coefficient (Wildman–Crippen LogP) is 4.53. The number of aryl methyl sites for hydroxylation is 3. The Hall–Kier alpha value is -2.12. The second-order valence-corrected chi connectivity index (χ2v) is 10.4. The molecule has 0 aliphatic carbocycles. The van der Waals surface area contributed by atoms with Crippen LogP contribution in [0.15, 0.2) is 28.7 Å². The molecule has 2 aromatic heterocycles. The summed E-state index contributed by atoms with van der Waals surface area (Å²) in [5, 5.41) is 12.0. The molecule has 0 fully saturated rings. The Morgan fingerprint density at radius 2 is 1.74 bits per heavy atom. The molecule has 2 heterocycles. The molecule has 172 valence electrons. The van der Waals surface area contributed by atoms with Gasteiger partial charge in [0, 0.05) is 16.2 Å². The van der Waals surface area contributed by atoms with Crippen LogP contribution in [0.1, 0.15) is 65.1 Å². The second kappa shape index (κ2) is 12.1. The monoisotopic (exact) mass is 449 g/mol. The first-order chi connectivity index (χ1) is 14.7. The fourth-order valence-electron chi connectivity index (χ4n) is 3.59. The quantitative estimate of drug-likeness (QED) is 0.328. The fraction of sp³-hybridized carbons (Fsp3) is 0.583. The summed E-state index contributed by atoms with van der Waals surface area (Å²) in [5.41, 5.74) is 0. The van der Waals surface area contributed by atoms with E-state index in [9.17, 15) is 9.59 Å². The molecule has 7 heteroatoms. The van der Waals surface area contributed by atoms with Crippen LogP contribution in [0.3, 0.4) is 0 Å². The molecule has 0 aliphatic heterocycles. The van der Waals surface area contributed by atoms with Crippen LogP contribution in [0.25, 0.3) is 0 Å². The zero-order valence-electron chi connectivity index (χ0n) is 19.3. The van der Waals surface area contributed by atoms with Gasteiger partial charge in [-0.15, -0.1) is 11.3 Å². The van der Waals surface area contributed by atoms with Crippen LogP contribution < -0.4 is 5.32 Å². The lowest BCUT2D eigenvalue weighted by molar-refractivity contribution is -0.871. The van der Waals surface area contributed by atoms with Gasteiger partial charge in [-0.1, -0.05) is 26.2 Å². The van der Waals surface area contributed by atoms with E-state index in [1.54, 1.807) is 6.07 Å². The van der Waals surface area contributed by atoms with Gasteiger partial charge >= 0.3 is 5.97 Å². The zero-order valence-corrected chi connectivity index (χ0v) is 20.1. The molecule has 0 aliphatic rings. The highest BCUT2D eigenvalue weighted by molar-refractivity contribution is 7.11. The topological polar surface area (TPSA) is 79.5 Å². The lowest BCUT2D eigenvalue weighted by atomic mass is 10.1. The Kier molecular flexibility index (Phi) is 9.78. The van der Waals surface area contributed by atoms with E-state index in [0.29, 0.717) is 11.0 Å². The summed E-state index contributed by atoms with van der Waals surface area (Å²) < 4.78 is 6.30. The van der Waals surface area contributed by atoms with E-state index in [4.69, 9.17) is 9.52 Å². The summed E-state index contributed by atoms with van der Waals surface area (Å²) in [7, 11) is 5.90. The first-order valence-electron chi connectivity index (χ1n) is 11.2. The number of likely N-dealkylation sites (N-methyl/N-ethyl adjacent to an activating group) is 1. The number of carboxylic acids is 1. The number of quaternary nitrogens is 1. The van der Waals surface area contributed by atoms with E-state index in [1.165, 1.54) is 35.4 Å². The third-order valence-corrected chi connectivity index (χ3v) is 6.23. The summed E-state index contributed by atoms with van der Waals surface area (Å²) in [5.74, 6) is -0.296. The maximum absolute atomic E-state index is 12.6. The number of nitrogens with one attached hydrogen (secondary N) is 1. The first kappa shape index (κ1) is 25.1. The van der Waals surface area contributed by atoms with Crippen LogP contribution in [-0.2, 0) is 24.1 Å². The van der Waals surface area contributed by atoms with Gasteiger partial charge in [-0.25, -0.2) is 0 Å². The number of unbranched alkanes of at least 4 members (excludes halogenated alkanes) is 3. The summed E-state index contributed by atoms with van der Waals surface area (Å²) >= 11 is 1.86. The van der Waals surface area contributed by atoms with E-state index in [1.807, 2.05) is 38.5 Å². The first-order valence-corrected chi connectivity index (χ1v) is 12.0. The van der Waals surface area contributed by atoms with Crippen molar-refractivity contribution in [3.8, 4) is 0 Å². The maximum Gasteiger partial charge on any atom is 0.305 e. The molecule has 1 atom stereocenters. The fourth-order valence-corrected chi connectivity index (χ4v) is 4.65. The zero-order chi connectivity index (χ0) is 22.9. The van der Waals surface area contributed by atoms with Crippen LogP contribution in [0.4, 0.5) is 0 Å². The molecular formula is C24H37N2O4S+. The van der Waals surface area contributed by atoms with Gasteiger partial charge in [0.2, 0.25) is 0 Å². The SMILES string of the molecule is CCCCCCc1ccc(CCc2ccc(C(=O)N[C@H](CC(=O)O)C[N+](C)(C)C)o2)s1. The Bertz CT molecular complexity index is 835. The normalized spacial score (nSPS) is 12.6. The number of nitrogens with zero attached hydrogens (tertiary/aromatic N) is 1. The van der Waals surface area contributed by atoms with E-state index in [2.05, 4.69) is 24.4 Å². The Balaban J connectivity index is 1.86. The van der Waals surface area contributed by atoms with Crippen molar-refractivity contribution in [2.75, 3.05) is 27.7 Å². The highest BCUT2D eigenvalue weighted by atomic mass is 32.1. The lowest BCUT2D eigenvalue weighted by Gasteiger charge is -2.28. The third kappa shape index (κ3) is 9.70. The molecule has 0 spiro atoms. The van der Waals surface area contributed by atoms with Gasteiger partial charge in [0.15, 0.2) is 5.76 Å². The molecule has 0 bridgehead atoms. The average molecular weight is 450 g/mol. The average Bonchev–Trinajstić information content (AvgIpc) is 3.31. The number of hydrogen-bond donors (Lipinski definition) is 2. The van der Waals surface area contributed by atoms with Crippen LogP contribution in [0, 0.1) is 0 Å². The van der Waals surface area contributed by atoms with Crippen molar-refractivity contribution in [1.82, 2.24) is 5.32 Å². The number of carboxylic acid groups (broad SMARTS) is 1. The van der Waals surface area contributed by atoms with Gasteiger partial charge in [-0.05, 0) is 43.5 Å². The molecule has 2 aromatic rings. The van der Waals surface area contributed by atoms with E-state index in [-0.39, 0.29) is 18.1 Å². The molecule has 0 unspecified atom stereocenters. The van der Waals surface area contributed by atoms with Gasteiger partial charge in [-0.2, -0.15) is 0 Å². The van der Waals surface area contributed by atoms with Gasteiger partial charge in [0.1, 0.15) is 5.76 Å². The highest BCUT2D eigenvalue weighted by Crippen LogP contribution is 2.21. The molecule has 0 radical (unpaired) electrons. The van der Waals surface area contributed by atoms with Gasteiger partial charge in [0.05, 0.1) is 40.2 Å². The van der Waals surface area contributed by atoms with Gasteiger partial charge < -0.3 is 19.3 Å². The number of rotatable bonds is 14. The molecule has 1 amide bonds. The Morgan fingerprint density at radius 1 is 1.03 bits per heavy atom. The number of hydrogen-bond acceptors (Lipinski definition) is 4. The van der Waals surface area contributed by atoms with Crippen molar-refractivity contribution < 1.29 is 23.6 Å². The minimum absolute atomic E-state index is 0.117. The number of carbonyl (C=O) groups excluding carboxylic acids is 1. The molecular weight excluding hydrogens is 412 g/mol. The predicted molar refractivity (Wildman–Crippen MR) is 125 cm³/mol. The molecule has 0 aromatic carbocycles. The van der Waals surface area contributed by atoms with E-state index < -0.39 is 12.0 Å². The van der Waals surface area contributed by atoms with Crippen LogP contribution >= 0.6 is 11.3 Å². The maximum atomic E-state index is 12.6. The summed E-state index contributed by atoms with van der Waals surface area (Å²) in [6.45, 7) is 2.75. The van der Waals surface area contributed by atoms with E-state index in [0.717, 1.165) is 25.0 Å². The molecule has 0 saturated carbocycles. The molecule has 2 N–H and O–H groups in total. The van der Waals surface area contributed by atoms with Crippen LogP contribution in [0.2, 0.25) is 0 Å². The van der Waals surface area contributed by atoms with Gasteiger partial charge in [0.25, 0.3) is 5.91 Å². The number of amides is 1. The van der Waals surface area contributed by atoms with Crippen molar-refractivity contribution >= 4 is 23.2 Å². The molecule has 0 saturated heterocycles. The van der Waals surface area contributed by atoms with Crippen molar-refractivity contribution in [3.63, 3.8) is 0 Å². The molecule has 6 nitrogen and oxygen atoms in total. The number of thiophene rings is 1. The Labute approximate surface area is 189 Å². The van der Waals surface area contributed by atoms with Crippen molar-refractivity contribution in [3.05, 3.63) is 45.5 Å². The van der Waals surface area contributed by atoms with Crippen molar-refractivity contribution in [1.29, 1.82) is 0 Å². The van der Waals surface area contributed by atoms with E-state index >= 15 is 0 Å². The standard InChI is InChI=1S/C24H36N2O4S/c1-5-6-7-8-9-20-13-14-21(31-20)12-10-19-11-15-22(30-19)24(29)25-18(16-23(27)28)17-26(2,3)4/h11,13-15,18H,5-10,12,16-17H2,1-4H3,(H-,25,27,28,29)/p+1/t18-/m1/s1. The minimum atomic E-state index is -0.931. The number of carbonyl (C=O) groups is 2. The number of aliphatic carboxylic acids is 1. The van der Waals surface area contributed by atoms with Crippen LogP contribution in [-0.4, -0.2) is 55.2 Å². The lowest BCUT2D eigenvalue weighted by Crippen LogP contribution is -2.49. The second-order valence-electron chi connectivity index (χ2n) is 9.19. The minimum Gasteiger partial charge on any atom is -0.481 e.